The number of carbonyl (C=O) groups is 2. The van der Waals surface area contributed by atoms with Gasteiger partial charge in [0.25, 0.3) is 0 Å². The van der Waals surface area contributed by atoms with E-state index in [1.54, 1.807) is 6.07 Å². The van der Waals surface area contributed by atoms with Crippen molar-refractivity contribution < 1.29 is 9.59 Å². The van der Waals surface area contributed by atoms with E-state index in [9.17, 15) is 9.59 Å². The molecule has 0 unspecified atom stereocenters. The summed E-state index contributed by atoms with van der Waals surface area (Å²) in [6.45, 7) is 0.943. The Kier molecular flexibility index (Phi) is 5.73. The van der Waals surface area contributed by atoms with E-state index in [-0.39, 0.29) is 17.7 Å². The third kappa shape index (κ3) is 5.06. The largest absolute Gasteiger partial charge is 0.354 e. The Bertz CT molecular complexity index is 492. The highest BCUT2D eigenvalue weighted by Crippen LogP contribution is 2.28. The number of benzene rings is 1. The second-order valence-electron chi connectivity index (χ2n) is 4.63. The van der Waals surface area contributed by atoms with Gasteiger partial charge in [-0.1, -0.05) is 23.7 Å². The van der Waals surface area contributed by atoms with Crippen molar-refractivity contribution in [3.63, 3.8) is 0 Å². The summed E-state index contributed by atoms with van der Waals surface area (Å²) >= 11 is 7.41. The van der Waals surface area contributed by atoms with Gasteiger partial charge in [-0.15, -0.1) is 11.8 Å². The number of carbonyl (C=O) groups excluding carboxylic acids is 2. The zero-order valence-corrected chi connectivity index (χ0v) is 12.6. The fourth-order valence-corrected chi connectivity index (χ4v) is 2.70. The van der Waals surface area contributed by atoms with Crippen molar-refractivity contribution in [3.8, 4) is 0 Å². The van der Waals surface area contributed by atoms with Crippen molar-refractivity contribution in [2.75, 3.05) is 18.8 Å². The van der Waals surface area contributed by atoms with E-state index in [2.05, 4.69) is 10.6 Å². The van der Waals surface area contributed by atoms with Crippen LogP contribution in [0.15, 0.2) is 29.2 Å². The van der Waals surface area contributed by atoms with Crippen LogP contribution in [0, 0.1) is 5.92 Å². The van der Waals surface area contributed by atoms with Gasteiger partial charge in [0.1, 0.15) is 0 Å². The minimum Gasteiger partial charge on any atom is -0.354 e. The predicted molar refractivity (Wildman–Crippen MR) is 80.9 cm³/mol. The molecule has 2 rings (SSSR count). The van der Waals surface area contributed by atoms with Gasteiger partial charge >= 0.3 is 0 Å². The van der Waals surface area contributed by atoms with E-state index >= 15 is 0 Å². The van der Waals surface area contributed by atoms with Crippen molar-refractivity contribution in [2.24, 2.45) is 5.92 Å². The molecule has 1 aliphatic carbocycles. The molecule has 20 heavy (non-hydrogen) atoms. The lowest BCUT2D eigenvalue weighted by Gasteiger charge is -2.07. The molecule has 0 heterocycles. The van der Waals surface area contributed by atoms with E-state index in [0.29, 0.717) is 23.9 Å². The lowest BCUT2D eigenvalue weighted by Crippen LogP contribution is -2.35. The SMILES string of the molecule is O=C(CSc1ccccc1Cl)NCCNC(=O)C1CC1. The van der Waals surface area contributed by atoms with E-state index in [1.807, 2.05) is 18.2 Å². The van der Waals surface area contributed by atoms with Gasteiger partial charge in [0.05, 0.1) is 10.8 Å². The molecule has 1 saturated carbocycles. The Morgan fingerprint density at radius 3 is 2.60 bits per heavy atom. The average Bonchev–Trinajstić information content (AvgIpc) is 3.27. The second-order valence-corrected chi connectivity index (χ2v) is 6.06. The Morgan fingerprint density at radius 2 is 1.90 bits per heavy atom. The lowest BCUT2D eigenvalue weighted by molar-refractivity contribution is -0.123. The number of hydrogen-bond acceptors (Lipinski definition) is 3. The lowest BCUT2D eigenvalue weighted by atomic mass is 10.4. The van der Waals surface area contributed by atoms with Crippen LogP contribution >= 0.6 is 23.4 Å². The maximum absolute atomic E-state index is 11.6. The van der Waals surface area contributed by atoms with Crippen molar-refractivity contribution in [2.45, 2.75) is 17.7 Å². The first-order chi connectivity index (χ1) is 9.66. The van der Waals surface area contributed by atoms with E-state index < -0.39 is 0 Å². The van der Waals surface area contributed by atoms with Crippen LogP contribution in [0.5, 0.6) is 0 Å². The van der Waals surface area contributed by atoms with Crippen LogP contribution in [0.2, 0.25) is 5.02 Å². The molecule has 0 aromatic heterocycles. The summed E-state index contributed by atoms with van der Waals surface area (Å²) in [7, 11) is 0. The van der Waals surface area contributed by atoms with E-state index in [1.165, 1.54) is 11.8 Å². The van der Waals surface area contributed by atoms with Crippen molar-refractivity contribution in [1.82, 2.24) is 10.6 Å². The molecule has 0 aliphatic heterocycles. The van der Waals surface area contributed by atoms with Crippen LogP contribution in [0.25, 0.3) is 0 Å². The summed E-state index contributed by atoms with van der Waals surface area (Å²) < 4.78 is 0. The van der Waals surface area contributed by atoms with Gasteiger partial charge in [0, 0.05) is 23.9 Å². The monoisotopic (exact) mass is 312 g/mol. The van der Waals surface area contributed by atoms with Crippen molar-refractivity contribution in [1.29, 1.82) is 0 Å². The first-order valence-corrected chi connectivity index (χ1v) is 7.95. The Balaban J connectivity index is 1.58. The summed E-state index contributed by atoms with van der Waals surface area (Å²) in [5.41, 5.74) is 0. The minimum absolute atomic E-state index is 0.0596. The molecule has 1 aromatic rings. The van der Waals surface area contributed by atoms with E-state index in [0.717, 1.165) is 17.7 Å². The van der Waals surface area contributed by atoms with Crippen LogP contribution in [-0.2, 0) is 9.59 Å². The zero-order chi connectivity index (χ0) is 14.4. The molecular formula is C14H17ClN2O2S. The number of rotatable bonds is 7. The number of halogens is 1. The summed E-state index contributed by atoms with van der Waals surface area (Å²) in [6.07, 6.45) is 1.99. The summed E-state index contributed by atoms with van der Waals surface area (Å²) in [6, 6.07) is 7.43. The van der Waals surface area contributed by atoms with Crippen LogP contribution < -0.4 is 10.6 Å². The third-order valence-corrected chi connectivity index (χ3v) is 4.41. The van der Waals surface area contributed by atoms with Crippen LogP contribution in [0.1, 0.15) is 12.8 Å². The normalized spacial score (nSPS) is 13.8. The quantitative estimate of drug-likeness (QED) is 0.598. The predicted octanol–water partition coefficient (Wildman–Crippen LogP) is 2.07. The highest BCUT2D eigenvalue weighted by atomic mass is 35.5. The van der Waals surface area contributed by atoms with Gasteiger partial charge < -0.3 is 10.6 Å². The third-order valence-electron chi connectivity index (χ3n) is 2.89. The Labute approximate surface area is 127 Å². The molecular weight excluding hydrogens is 296 g/mol. The molecule has 0 saturated heterocycles. The molecule has 4 nitrogen and oxygen atoms in total. The molecule has 0 bridgehead atoms. The maximum atomic E-state index is 11.6. The van der Waals surface area contributed by atoms with Crippen molar-refractivity contribution in [3.05, 3.63) is 29.3 Å². The van der Waals surface area contributed by atoms with Gasteiger partial charge in [-0.3, -0.25) is 9.59 Å². The molecule has 0 atom stereocenters. The van der Waals surface area contributed by atoms with Gasteiger partial charge in [0.2, 0.25) is 11.8 Å². The fourth-order valence-electron chi connectivity index (χ4n) is 1.63. The topological polar surface area (TPSA) is 58.2 Å². The molecule has 2 N–H and O–H groups in total. The number of hydrogen-bond donors (Lipinski definition) is 2. The minimum atomic E-state index is -0.0596. The van der Waals surface area contributed by atoms with E-state index in [4.69, 9.17) is 11.6 Å². The smallest absolute Gasteiger partial charge is 0.230 e. The molecule has 6 heteroatoms. The Hall–Kier alpha value is -1.20. The molecule has 108 valence electrons. The average molecular weight is 313 g/mol. The number of nitrogens with one attached hydrogen (secondary N) is 2. The fraction of sp³-hybridized carbons (Fsp3) is 0.429. The van der Waals surface area contributed by atoms with Crippen LogP contribution in [-0.4, -0.2) is 30.7 Å². The van der Waals surface area contributed by atoms with Gasteiger partial charge in [-0.25, -0.2) is 0 Å². The molecule has 0 spiro atoms. The summed E-state index contributed by atoms with van der Waals surface area (Å²) in [5, 5.41) is 6.23. The zero-order valence-electron chi connectivity index (χ0n) is 11.0. The number of amides is 2. The Morgan fingerprint density at radius 1 is 1.20 bits per heavy atom. The van der Waals surface area contributed by atoms with Crippen LogP contribution in [0.4, 0.5) is 0 Å². The van der Waals surface area contributed by atoms with Gasteiger partial charge in [-0.05, 0) is 25.0 Å². The molecule has 1 aliphatic rings. The first kappa shape index (κ1) is 15.2. The summed E-state index contributed by atoms with van der Waals surface area (Å²) in [4.78, 5) is 23.9. The number of thioether (sulfide) groups is 1. The highest BCUT2D eigenvalue weighted by Gasteiger charge is 2.28. The standard InChI is InChI=1S/C14H17ClN2O2S/c15-11-3-1-2-4-12(11)20-9-13(18)16-7-8-17-14(19)10-5-6-10/h1-4,10H,5-9H2,(H,16,18)(H,17,19). The molecule has 1 fully saturated rings. The van der Waals surface area contributed by atoms with Gasteiger partial charge in [0.15, 0.2) is 0 Å². The highest BCUT2D eigenvalue weighted by molar-refractivity contribution is 8.00. The summed E-state index contributed by atoms with van der Waals surface area (Å²) in [5.74, 6) is 0.571. The van der Waals surface area contributed by atoms with Crippen LogP contribution in [0.3, 0.4) is 0 Å². The van der Waals surface area contributed by atoms with Gasteiger partial charge in [-0.2, -0.15) is 0 Å². The maximum Gasteiger partial charge on any atom is 0.230 e. The molecule has 1 aromatic carbocycles. The first-order valence-electron chi connectivity index (χ1n) is 6.58. The molecule has 0 radical (unpaired) electrons. The second kappa shape index (κ2) is 7.55. The van der Waals surface area contributed by atoms with Crippen molar-refractivity contribution >= 4 is 35.2 Å². The molecule has 2 amide bonds.